The maximum Gasteiger partial charge on any atom is 0.255 e. The molecule has 0 radical (unpaired) electrons. The largest absolute Gasteiger partial charge is 0.507 e. The highest BCUT2D eigenvalue weighted by Crippen LogP contribution is 2.20. The summed E-state index contributed by atoms with van der Waals surface area (Å²) in [6.07, 6.45) is 0.880. The van der Waals surface area contributed by atoms with Gasteiger partial charge in [-0.1, -0.05) is 6.92 Å². The van der Waals surface area contributed by atoms with Crippen LogP contribution in [0.1, 0.15) is 23.7 Å². The molecule has 0 saturated carbocycles. The van der Waals surface area contributed by atoms with Gasteiger partial charge in [-0.3, -0.25) is 4.79 Å². The fourth-order valence-corrected chi connectivity index (χ4v) is 2.51. The van der Waals surface area contributed by atoms with Crippen LogP contribution >= 0.6 is 0 Å². The Kier molecular flexibility index (Phi) is 4.04. The third-order valence-corrected chi connectivity index (χ3v) is 3.63. The molecule has 1 aromatic carbocycles. The average Bonchev–Trinajstić information content (AvgIpc) is 2.32. The van der Waals surface area contributed by atoms with Crippen LogP contribution in [0.5, 0.6) is 5.75 Å². The van der Waals surface area contributed by atoms with Crippen molar-refractivity contribution in [1.82, 2.24) is 10.2 Å². The molecule has 104 valence electrons. The molecule has 0 bridgehead atoms. The van der Waals surface area contributed by atoms with Crippen molar-refractivity contribution in [3.63, 3.8) is 0 Å². The summed E-state index contributed by atoms with van der Waals surface area (Å²) >= 11 is 0. The Labute approximate surface area is 112 Å². The van der Waals surface area contributed by atoms with Gasteiger partial charge in [-0.2, -0.15) is 0 Å². The fraction of sp³-hybridized carbons (Fsp3) is 0.500. The summed E-state index contributed by atoms with van der Waals surface area (Å²) in [5.41, 5.74) is 0.118. The lowest BCUT2D eigenvalue weighted by Crippen LogP contribution is -2.48. The number of benzene rings is 1. The van der Waals surface area contributed by atoms with Gasteiger partial charge in [0.05, 0.1) is 5.56 Å². The van der Waals surface area contributed by atoms with Gasteiger partial charge in [0.25, 0.3) is 5.91 Å². The third-order valence-electron chi connectivity index (χ3n) is 3.63. The maximum atomic E-state index is 12.9. The minimum Gasteiger partial charge on any atom is -0.507 e. The number of phenols is 1. The van der Waals surface area contributed by atoms with Gasteiger partial charge in [-0.05, 0) is 38.1 Å². The van der Waals surface area contributed by atoms with Crippen LogP contribution < -0.4 is 5.32 Å². The zero-order chi connectivity index (χ0) is 14.0. The van der Waals surface area contributed by atoms with Gasteiger partial charge in [-0.15, -0.1) is 0 Å². The zero-order valence-electron chi connectivity index (χ0n) is 11.2. The van der Waals surface area contributed by atoms with E-state index in [1.807, 2.05) is 0 Å². The van der Waals surface area contributed by atoms with E-state index in [9.17, 15) is 14.3 Å². The summed E-state index contributed by atoms with van der Waals surface area (Å²) in [5.74, 6) is -0.871. The van der Waals surface area contributed by atoms with Crippen LogP contribution in [0, 0.1) is 11.7 Å². The predicted octanol–water partition coefficient (Wildman–Crippen LogP) is 1.60. The van der Waals surface area contributed by atoms with Crippen molar-refractivity contribution >= 4 is 5.91 Å². The van der Waals surface area contributed by atoms with Gasteiger partial charge >= 0.3 is 0 Å². The van der Waals surface area contributed by atoms with E-state index in [0.29, 0.717) is 5.92 Å². The molecule has 1 heterocycles. The monoisotopic (exact) mass is 266 g/mol. The number of likely N-dealkylation sites (tertiary alicyclic amines) is 1. The number of carbonyl (C=O) groups is 1. The molecule has 1 aromatic rings. The number of piperidine rings is 1. The van der Waals surface area contributed by atoms with Gasteiger partial charge in [0, 0.05) is 18.7 Å². The maximum absolute atomic E-state index is 12.9. The Balaban J connectivity index is 2.04. The Morgan fingerprint density at radius 1 is 1.53 bits per heavy atom. The molecule has 0 spiro atoms. The second kappa shape index (κ2) is 5.57. The Bertz CT molecular complexity index is 479. The summed E-state index contributed by atoms with van der Waals surface area (Å²) in [6.45, 7) is 3.95. The molecular weight excluding hydrogens is 247 g/mol. The van der Waals surface area contributed by atoms with Crippen molar-refractivity contribution in [3.8, 4) is 5.75 Å². The molecule has 4 nitrogen and oxygen atoms in total. The van der Waals surface area contributed by atoms with E-state index in [1.54, 1.807) is 0 Å². The Morgan fingerprint density at radius 3 is 2.89 bits per heavy atom. The molecule has 2 N–H and O–H groups in total. The minimum atomic E-state index is -0.554. The molecule has 1 aliphatic rings. The number of carbonyl (C=O) groups excluding carboxylic acids is 1. The zero-order valence-corrected chi connectivity index (χ0v) is 11.2. The minimum absolute atomic E-state index is 0.0909. The average molecular weight is 266 g/mol. The SMILES string of the molecule is CC1CN(C)CCC1NC(=O)c1ccc(F)cc1O. The molecule has 5 heteroatoms. The number of hydrogen-bond acceptors (Lipinski definition) is 3. The number of hydrogen-bond donors (Lipinski definition) is 2. The Morgan fingerprint density at radius 2 is 2.26 bits per heavy atom. The van der Waals surface area contributed by atoms with Crippen LogP contribution in [-0.4, -0.2) is 42.1 Å². The normalized spacial score (nSPS) is 24.2. The second-order valence-electron chi connectivity index (χ2n) is 5.27. The number of halogens is 1. The quantitative estimate of drug-likeness (QED) is 0.855. The lowest BCUT2D eigenvalue weighted by Gasteiger charge is -2.35. The first-order valence-electron chi connectivity index (χ1n) is 6.45. The highest BCUT2D eigenvalue weighted by atomic mass is 19.1. The topological polar surface area (TPSA) is 52.6 Å². The van der Waals surface area contributed by atoms with Crippen LogP contribution in [0.3, 0.4) is 0 Å². The molecule has 1 amide bonds. The number of aromatic hydroxyl groups is 1. The third kappa shape index (κ3) is 3.23. The summed E-state index contributed by atoms with van der Waals surface area (Å²) in [7, 11) is 2.06. The van der Waals surface area contributed by atoms with Gasteiger partial charge in [0.15, 0.2) is 0 Å². The van der Waals surface area contributed by atoms with Crippen LogP contribution in [0.25, 0.3) is 0 Å². The number of phenolic OH excluding ortho intramolecular Hbond substituents is 1. The van der Waals surface area contributed by atoms with Gasteiger partial charge in [-0.25, -0.2) is 4.39 Å². The van der Waals surface area contributed by atoms with Crippen LogP contribution in [0.2, 0.25) is 0 Å². The first kappa shape index (κ1) is 13.8. The molecule has 2 atom stereocenters. The van der Waals surface area contributed by atoms with Crippen molar-refractivity contribution in [3.05, 3.63) is 29.6 Å². The van der Waals surface area contributed by atoms with Gasteiger partial charge in [0.1, 0.15) is 11.6 Å². The van der Waals surface area contributed by atoms with Crippen LogP contribution in [0.15, 0.2) is 18.2 Å². The van der Waals surface area contributed by atoms with E-state index < -0.39 is 5.82 Å². The number of nitrogens with one attached hydrogen (secondary N) is 1. The van der Waals surface area contributed by atoms with E-state index in [-0.39, 0.29) is 23.3 Å². The van der Waals surface area contributed by atoms with Crippen LogP contribution in [-0.2, 0) is 0 Å². The van der Waals surface area contributed by atoms with Crippen LogP contribution in [0.4, 0.5) is 4.39 Å². The van der Waals surface area contributed by atoms with Crippen molar-refractivity contribution in [2.45, 2.75) is 19.4 Å². The van der Waals surface area contributed by atoms with E-state index in [0.717, 1.165) is 25.6 Å². The molecule has 1 fully saturated rings. The summed E-state index contributed by atoms with van der Waals surface area (Å²) in [6, 6.07) is 3.52. The van der Waals surface area contributed by atoms with Gasteiger partial charge in [0.2, 0.25) is 0 Å². The summed E-state index contributed by atoms with van der Waals surface area (Å²) in [4.78, 5) is 14.3. The summed E-state index contributed by atoms with van der Waals surface area (Å²) < 4.78 is 12.9. The molecular formula is C14H19FN2O2. The number of nitrogens with zero attached hydrogens (tertiary/aromatic N) is 1. The van der Waals surface area contributed by atoms with E-state index >= 15 is 0 Å². The lowest BCUT2D eigenvalue weighted by atomic mass is 9.94. The van der Waals surface area contributed by atoms with E-state index in [4.69, 9.17) is 0 Å². The highest BCUT2D eigenvalue weighted by Gasteiger charge is 2.26. The predicted molar refractivity (Wildman–Crippen MR) is 70.6 cm³/mol. The van der Waals surface area contributed by atoms with Gasteiger partial charge < -0.3 is 15.3 Å². The highest BCUT2D eigenvalue weighted by molar-refractivity contribution is 5.96. The van der Waals surface area contributed by atoms with Crippen molar-refractivity contribution in [2.75, 3.05) is 20.1 Å². The molecule has 19 heavy (non-hydrogen) atoms. The first-order chi connectivity index (χ1) is 8.97. The molecule has 2 unspecified atom stereocenters. The molecule has 2 rings (SSSR count). The second-order valence-corrected chi connectivity index (χ2v) is 5.27. The smallest absolute Gasteiger partial charge is 0.255 e. The van der Waals surface area contributed by atoms with Crippen molar-refractivity contribution in [1.29, 1.82) is 0 Å². The Hall–Kier alpha value is -1.62. The van der Waals surface area contributed by atoms with E-state index in [1.165, 1.54) is 12.1 Å². The summed E-state index contributed by atoms with van der Waals surface area (Å²) in [5, 5.41) is 12.5. The van der Waals surface area contributed by atoms with Crippen molar-refractivity contribution in [2.24, 2.45) is 5.92 Å². The standard InChI is InChI=1S/C14H19FN2O2/c1-9-8-17(2)6-5-12(9)16-14(19)11-4-3-10(15)7-13(11)18/h3-4,7,9,12,18H,5-6,8H2,1-2H3,(H,16,19). The molecule has 1 saturated heterocycles. The van der Waals surface area contributed by atoms with E-state index in [2.05, 4.69) is 24.2 Å². The molecule has 0 aliphatic carbocycles. The molecule has 0 aromatic heterocycles. The first-order valence-corrected chi connectivity index (χ1v) is 6.45. The van der Waals surface area contributed by atoms with Crippen molar-refractivity contribution < 1.29 is 14.3 Å². The lowest BCUT2D eigenvalue weighted by molar-refractivity contribution is 0.0881. The molecule has 1 aliphatic heterocycles. The number of rotatable bonds is 2. The number of amides is 1. The fourth-order valence-electron chi connectivity index (χ4n) is 2.51.